The van der Waals surface area contributed by atoms with E-state index in [-0.39, 0.29) is 0 Å². The Balaban J connectivity index is 1.70. The van der Waals surface area contributed by atoms with E-state index in [9.17, 15) is 0 Å². The molecule has 0 saturated carbocycles. The third-order valence-corrected chi connectivity index (χ3v) is 3.52. The molecule has 2 aromatic rings. The smallest absolute Gasteiger partial charge is 0.225 e. The van der Waals surface area contributed by atoms with Crippen LogP contribution in [0.15, 0.2) is 24.5 Å². The molecule has 21 heavy (non-hydrogen) atoms. The van der Waals surface area contributed by atoms with Crippen molar-refractivity contribution in [1.82, 2.24) is 19.9 Å². The SMILES string of the molecule is CNc1cc(N2CCN(c3ncccn3)CC2)nc(C)n1. The minimum atomic E-state index is 0.783. The molecule has 1 fully saturated rings. The quantitative estimate of drug-likeness (QED) is 0.900. The van der Waals surface area contributed by atoms with Crippen LogP contribution in [0.5, 0.6) is 0 Å². The molecule has 3 heterocycles. The van der Waals surface area contributed by atoms with Crippen molar-refractivity contribution in [2.45, 2.75) is 6.92 Å². The molecule has 0 aliphatic carbocycles. The highest BCUT2D eigenvalue weighted by molar-refractivity contribution is 5.50. The zero-order valence-corrected chi connectivity index (χ0v) is 12.3. The van der Waals surface area contributed by atoms with Crippen molar-refractivity contribution < 1.29 is 0 Å². The van der Waals surface area contributed by atoms with E-state index in [2.05, 4.69) is 35.1 Å². The Kier molecular flexibility index (Phi) is 3.81. The lowest BCUT2D eigenvalue weighted by molar-refractivity contribution is 0.633. The molecule has 1 saturated heterocycles. The van der Waals surface area contributed by atoms with Crippen LogP contribution in [0.4, 0.5) is 17.6 Å². The normalized spacial score (nSPS) is 15.1. The maximum atomic E-state index is 4.53. The van der Waals surface area contributed by atoms with Gasteiger partial charge in [-0.05, 0) is 13.0 Å². The number of piperazine rings is 1. The summed E-state index contributed by atoms with van der Waals surface area (Å²) in [4.78, 5) is 21.9. The Hall–Kier alpha value is -2.44. The van der Waals surface area contributed by atoms with Crippen LogP contribution in [0, 0.1) is 6.92 Å². The van der Waals surface area contributed by atoms with Crippen molar-refractivity contribution in [2.75, 3.05) is 48.3 Å². The summed E-state index contributed by atoms with van der Waals surface area (Å²) in [6.07, 6.45) is 3.56. The van der Waals surface area contributed by atoms with E-state index in [0.29, 0.717) is 0 Å². The minimum absolute atomic E-state index is 0.783. The molecule has 0 atom stereocenters. The highest BCUT2D eigenvalue weighted by atomic mass is 15.3. The first kappa shape index (κ1) is 13.5. The lowest BCUT2D eigenvalue weighted by atomic mass is 10.3. The largest absolute Gasteiger partial charge is 0.373 e. The zero-order chi connectivity index (χ0) is 14.7. The van der Waals surface area contributed by atoms with Crippen LogP contribution in [-0.4, -0.2) is 53.2 Å². The van der Waals surface area contributed by atoms with Gasteiger partial charge in [-0.1, -0.05) is 0 Å². The van der Waals surface area contributed by atoms with Gasteiger partial charge in [-0.2, -0.15) is 0 Å². The molecule has 2 aromatic heterocycles. The number of hydrogen-bond donors (Lipinski definition) is 1. The van der Waals surface area contributed by atoms with Crippen LogP contribution in [0.1, 0.15) is 5.82 Å². The highest BCUT2D eigenvalue weighted by Crippen LogP contribution is 2.18. The Bertz CT molecular complexity index is 594. The lowest BCUT2D eigenvalue weighted by Crippen LogP contribution is -2.47. The fourth-order valence-corrected chi connectivity index (χ4v) is 2.43. The van der Waals surface area contributed by atoms with Gasteiger partial charge in [0.25, 0.3) is 0 Å². The molecule has 1 aliphatic rings. The molecule has 7 heteroatoms. The summed E-state index contributed by atoms with van der Waals surface area (Å²) in [5.74, 6) is 3.41. The third-order valence-electron chi connectivity index (χ3n) is 3.52. The summed E-state index contributed by atoms with van der Waals surface area (Å²) in [6, 6.07) is 3.82. The Morgan fingerprint density at radius 2 is 1.67 bits per heavy atom. The van der Waals surface area contributed by atoms with E-state index in [1.807, 2.05) is 26.1 Å². The summed E-state index contributed by atoms with van der Waals surface area (Å²) in [6.45, 7) is 5.50. The van der Waals surface area contributed by atoms with Crippen LogP contribution in [0.25, 0.3) is 0 Å². The van der Waals surface area contributed by atoms with E-state index in [0.717, 1.165) is 49.6 Å². The van der Waals surface area contributed by atoms with Crippen molar-refractivity contribution in [3.05, 3.63) is 30.4 Å². The van der Waals surface area contributed by atoms with Gasteiger partial charge in [-0.3, -0.25) is 0 Å². The lowest BCUT2D eigenvalue weighted by Gasteiger charge is -2.35. The summed E-state index contributed by atoms with van der Waals surface area (Å²) < 4.78 is 0. The maximum Gasteiger partial charge on any atom is 0.225 e. The molecular formula is C14H19N7. The molecule has 110 valence electrons. The van der Waals surface area contributed by atoms with Crippen LogP contribution in [-0.2, 0) is 0 Å². The number of aryl methyl sites for hydroxylation is 1. The second kappa shape index (κ2) is 5.90. The Labute approximate surface area is 124 Å². The van der Waals surface area contributed by atoms with Crippen molar-refractivity contribution in [3.63, 3.8) is 0 Å². The molecule has 7 nitrogen and oxygen atoms in total. The zero-order valence-electron chi connectivity index (χ0n) is 12.3. The topological polar surface area (TPSA) is 70.1 Å². The van der Waals surface area contributed by atoms with E-state index in [1.54, 1.807) is 12.4 Å². The number of nitrogens with one attached hydrogen (secondary N) is 1. The van der Waals surface area contributed by atoms with Crippen LogP contribution in [0.2, 0.25) is 0 Å². The van der Waals surface area contributed by atoms with E-state index in [1.165, 1.54) is 0 Å². The molecule has 0 spiro atoms. The second-order valence-electron chi connectivity index (χ2n) is 4.93. The first-order valence-corrected chi connectivity index (χ1v) is 7.06. The Morgan fingerprint density at radius 1 is 1.00 bits per heavy atom. The van der Waals surface area contributed by atoms with Gasteiger partial charge >= 0.3 is 0 Å². The second-order valence-corrected chi connectivity index (χ2v) is 4.93. The first-order chi connectivity index (χ1) is 10.3. The van der Waals surface area contributed by atoms with Gasteiger partial charge in [0.05, 0.1) is 0 Å². The van der Waals surface area contributed by atoms with Crippen LogP contribution >= 0.6 is 0 Å². The molecule has 0 unspecified atom stereocenters. The predicted octanol–water partition coefficient (Wildman–Crippen LogP) is 0.943. The average Bonchev–Trinajstić information content (AvgIpc) is 2.55. The fourth-order valence-electron chi connectivity index (χ4n) is 2.43. The molecule has 0 aromatic carbocycles. The van der Waals surface area contributed by atoms with Gasteiger partial charge in [-0.15, -0.1) is 0 Å². The molecule has 1 N–H and O–H groups in total. The van der Waals surface area contributed by atoms with Crippen molar-refractivity contribution in [1.29, 1.82) is 0 Å². The first-order valence-electron chi connectivity index (χ1n) is 7.06. The van der Waals surface area contributed by atoms with Gasteiger partial charge in [0, 0.05) is 51.7 Å². The van der Waals surface area contributed by atoms with Gasteiger partial charge < -0.3 is 15.1 Å². The van der Waals surface area contributed by atoms with Gasteiger partial charge in [0.1, 0.15) is 17.5 Å². The Morgan fingerprint density at radius 3 is 2.33 bits per heavy atom. The number of nitrogens with zero attached hydrogens (tertiary/aromatic N) is 6. The van der Waals surface area contributed by atoms with E-state index >= 15 is 0 Å². The van der Waals surface area contributed by atoms with Crippen LogP contribution in [0.3, 0.4) is 0 Å². The molecule has 0 amide bonds. The monoisotopic (exact) mass is 285 g/mol. The molecular weight excluding hydrogens is 266 g/mol. The fraction of sp³-hybridized carbons (Fsp3) is 0.429. The number of rotatable bonds is 3. The molecule has 0 radical (unpaired) electrons. The van der Waals surface area contributed by atoms with Crippen molar-refractivity contribution >= 4 is 17.6 Å². The summed E-state index contributed by atoms with van der Waals surface area (Å²) in [7, 11) is 1.87. The van der Waals surface area contributed by atoms with Gasteiger partial charge in [0.2, 0.25) is 5.95 Å². The van der Waals surface area contributed by atoms with E-state index < -0.39 is 0 Å². The van der Waals surface area contributed by atoms with Crippen molar-refractivity contribution in [3.8, 4) is 0 Å². The summed E-state index contributed by atoms with van der Waals surface area (Å²) >= 11 is 0. The standard InChI is InChI=1S/C14H19N7/c1-11-18-12(15-2)10-13(19-11)20-6-8-21(9-7-20)14-16-4-3-5-17-14/h3-5,10H,6-9H2,1-2H3,(H,15,18,19). The number of anilines is 3. The minimum Gasteiger partial charge on any atom is -0.373 e. The third kappa shape index (κ3) is 3.01. The van der Waals surface area contributed by atoms with E-state index in [4.69, 9.17) is 0 Å². The maximum absolute atomic E-state index is 4.53. The predicted molar refractivity (Wildman–Crippen MR) is 82.8 cm³/mol. The van der Waals surface area contributed by atoms with Gasteiger partial charge in [0.15, 0.2) is 0 Å². The average molecular weight is 285 g/mol. The molecule has 0 bridgehead atoms. The van der Waals surface area contributed by atoms with Crippen molar-refractivity contribution in [2.24, 2.45) is 0 Å². The van der Waals surface area contributed by atoms with Crippen LogP contribution < -0.4 is 15.1 Å². The molecule has 3 rings (SSSR count). The number of hydrogen-bond acceptors (Lipinski definition) is 7. The summed E-state index contributed by atoms with van der Waals surface area (Å²) in [5.41, 5.74) is 0. The highest BCUT2D eigenvalue weighted by Gasteiger charge is 2.20. The number of aromatic nitrogens is 4. The van der Waals surface area contributed by atoms with Gasteiger partial charge in [-0.25, -0.2) is 19.9 Å². The molecule has 1 aliphatic heterocycles. The summed E-state index contributed by atoms with van der Waals surface area (Å²) in [5, 5.41) is 3.07.